The maximum absolute atomic E-state index is 4.17. The molecule has 0 fully saturated rings. The number of hydrogen-bond acceptors (Lipinski definition) is 3. The van der Waals surface area contributed by atoms with Crippen molar-refractivity contribution in [3.05, 3.63) is 59.9 Å². The second-order valence-electron chi connectivity index (χ2n) is 5.38. The summed E-state index contributed by atoms with van der Waals surface area (Å²) in [5.41, 5.74) is 3.73. The molecule has 0 saturated heterocycles. The minimum absolute atomic E-state index is 0.284. The first-order valence-corrected chi connectivity index (χ1v) is 7.01. The van der Waals surface area contributed by atoms with Gasteiger partial charge in [-0.05, 0) is 43.2 Å². The highest BCUT2D eigenvalue weighted by Crippen LogP contribution is 2.21. The van der Waals surface area contributed by atoms with E-state index in [0.29, 0.717) is 6.04 Å². The third-order valence-corrected chi connectivity index (χ3v) is 3.59. The summed E-state index contributed by atoms with van der Waals surface area (Å²) in [6, 6.07) is 13.3. The Morgan fingerprint density at radius 2 is 1.60 bits per heavy atom. The molecule has 1 unspecified atom stereocenters. The van der Waals surface area contributed by atoms with Crippen molar-refractivity contribution in [3.8, 4) is 0 Å². The molecule has 1 heterocycles. The molecule has 0 amide bonds. The normalized spacial score (nSPS) is 13.8. The van der Waals surface area contributed by atoms with Crippen LogP contribution in [0, 0.1) is 0 Å². The van der Waals surface area contributed by atoms with Crippen LogP contribution in [0.1, 0.15) is 37.1 Å². The van der Waals surface area contributed by atoms with Crippen LogP contribution in [0.5, 0.6) is 0 Å². The average Bonchev–Trinajstić information content (AvgIpc) is 2.48. The van der Waals surface area contributed by atoms with Gasteiger partial charge in [-0.25, -0.2) is 0 Å². The minimum atomic E-state index is 0.284. The van der Waals surface area contributed by atoms with Gasteiger partial charge in [0.05, 0.1) is 0 Å². The maximum atomic E-state index is 4.17. The van der Waals surface area contributed by atoms with Gasteiger partial charge in [0.15, 0.2) is 0 Å². The molecule has 20 heavy (non-hydrogen) atoms. The number of nitrogens with one attached hydrogen (secondary N) is 1. The molecule has 1 aromatic heterocycles. The summed E-state index contributed by atoms with van der Waals surface area (Å²) < 4.78 is 0. The molecule has 1 aromatic carbocycles. The number of pyridine rings is 1. The van der Waals surface area contributed by atoms with Crippen molar-refractivity contribution >= 4 is 5.69 Å². The van der Waals surface area contributed by atoms with Gasteiger partial charge in [0.2, 0.25) is 0 Å². The third kappa shape index (κ3) is 3.58. The number of rotatable bonds is 5. The van der Waals surface area contributed by atoms with Crippen LogP contribution in [0.2, 0.25) is 0 Å². The lowest BCUT2D eigenvalue weighted by atomic mass is 10.0. The molecule has 106 valence electrons. The van der Waals surface area contributed by atoms with Gasteiger partial charge in [0.25, 0.3) is 0 Å². The van der Waals surface area contributed by atoms with Crippen molar-refractivity contribution in [2.24, 2.45) is 0 Å². The van der Waals surface area contributed by atoms with Gasteiger partial charge in [-0.1, -0.05) is 18.2 Å². The lowest BCUT2D eigenvalue weighted by Crippen LogP contribution is -2.22. The first-order chi connectivity index (χ1) is 9.58. The summed E-state index contributed by atoms with van der Waals surface area (Å²) >= 11 is 0. The Morgan fingerprint density at radius 3 is 2.15 bits per heavy atom. The van der Waals surface area contributed by atoms with Gasteiger partial charge in [0.1, 0.15) is 0 Å². The summed E-state index contributed by atoms with van der Waals surface area (Å²) in [7, 11) is 4.11. The summed E-state index contributed by atoms with van der Waals surface area (Å²) in [5, 5.41) is 3.61. The smallest absolute Gasteiger partial charge is 0.0361 e. The highest BCUT2D eigenvalue weighted by Gasteiger charge is 2.11. The zero-order valence-corrected chi connectivity index (χ0v) is 12.7. The number of nitrogens with zero attached hydrogens (tertiary/aromatic N) is 2. The summed E-state index contributed by atoms with van der Waals surface area (Å²) in [5.74, 6) is 0. The Balaban J connectivity index is 2.02. The molecule has 3 nitrogen and oxygen atoms in total. The fourth-order valence-electron chi connectivity index (χ4n) is 2.26. The van der Waals surface area contributed by atoms with Gasteiger partial charge < -0.3 is 10.2 Å². The predicted octanol–water partition coefficient (Wildman–Crippen LogP) is 3.56. The molecule has 3 heteroatoms. The van der Waals surface area contributed by atoms with Crippen molar-refractivity contribution in [3.63, 3.8) is 0 Å². The van der Waals surface area contributed by atoms with Crippen LogP contribution in [0.3, 0.4) is 0 Å². The van der Waals surface area contributed by atoms with E-state index in [9.17, 15) is 0 Å². The maximum Gasteiger partial charge on any atom is 0.0361 e. The van der Waals surface area contributed by atoms with E-state index in [-0.39, 0.29) is 6.04 Å². The molecule has 2 atom stereocenters. The van der Waals surface area contributed by atoms with Crippen LogP contribution in [0.25, 0.3) is 0 Å². The van der Waals surface area contributed by atoms with Crippen LogP contribution in [0.15, 0.2) is 48.8 Å². The van der Waals surface area contributed by atoms with Crippen LogP contribution in [-0.4, -0.2) is 19.1 Å². The predicted molar refractivity (Wildman–Crippen MR) is 85.0 cm³/mol. The van der Waals surface area contributed by atoms with Crippen LogP contribution >= 0.6 is 0 Å². The molecule has 1 N–H and O–H groups in total. The molecule has 2 aromatic rings. The van der Waals surface area contributed by atoms with Crippen molar-refractivity contribution in [2.45, 2.75) is 25.9 Å². The lowest BCUT2D eigenvalue weighted by Gasteiger charge is -2.21. The van der Waals surface area contributed by atoms with Gasteiger partial charge in [-0.2, -0.15) is 0 Å². The highest BCUT2D eigenvalue weighted by molar-refractivity contribution is 5.46. The first-order valence-electron chi connectivity index (χ1n) is 7.01. The van der Waals surface area contributed by atoms with Gasteiger partial charge in [-0.15, -0.1) is 0 Å². The Morgan fingerprint density at radius 1 is 0.950 bits per heavy atom. The molecule has 0 saturated carbocycles. The van der Waals surface area contributed by atoms with E-state index in [4.69, 9.17) is 0 Å². The Kier molecular flexibility index (Phi) is 4.74. The number of anilines is 1. The SMILES string of the molecule is CC(N[C@@H](C)c1cccnc1)c1ccc(N(C)C)cc1. The Hall–Kier alpha value is -1.87. The van der Waals surface area contributed by atoms with E-state index in [1.54, 1.807) is 6.20 Å². The van der Waals surface area contributed by atoms with Crippen molar-refractivity contribution in [1.29, 1.82) is 0 Å². The van der Waals surface area contributed by atoms with Crippen LogP contribution in [-0.2, 0) is 0 Å². The summed E-state index contributed by atoms with van der Waals surface area (Å²) in [6.45, 7) is 4.36. The molecule has 0 aliphatic heterocycles. The van der Waals surface area contributed by atoms with Gasteiger partial charge in [0, 0.05) is 44.3 Å². The van der Waals surface area contributed by atoms with E-state index >= 15 is 0 Å². The second-order valence-corrected chi connectivity index (χ2v) is 5.38. The number of aromatic nitrogens is 1. The fraction of sp³-hybridized carbons (Fsp3) is 0.353. The molecule has 0 spiro atoms. The zero-order chi connectivity index (χ0) is 14.5. The standard InChI is InChI=1S/C17H23N3/c1-13(15-7-9-17(10-8-15)20(3)4)19-14(2)16-6-5-11-18-12-16/h5-14,19H,1-4H3/t13?,14-/m0/s1. The van der Waals surface area contributed by atoms with Crippen LogP contribution < -0.4 is 10.2 Å². The number of benzene rings is 1. The van der Waals surface area contributed by atoms with Crippen molar-refractivity contribution in [1.82, 2.24) is 10.3 Å². The minimum Gasteiger partial charge on any atom is -0.378 e. The van der Waals surface area contributed by atoms with E-state index in [1.165, 1.54) is 16.8 Å². The molecule has 2 rings (SSSR count). The van der Waals surface area contributed by atoms with E-state index in [2.05, 4.69) is 73.5 Å². The monoisotopic (exact) mass is 269 g/mol. The topological polar surface area (TPSA) is 28.2 Å². The van der Waals surface area contributed by atoms with Gasteiger partial charge in [-0.3, -0.25) is 4.98 Å². The summed E-state index contributed by atoms with van der Waals surface area (Å²) in [4.78, 5) is 6.28. The molecule has 0 aliphatic carbocycles. The fourth-order valence-corrected chi connectivity index (χ4v) is 2.26. The Labute approximate surface area is 121 Å². The van der Waals surface area contributed by atoms with Crippen LogP contribution in [0.4, 0.5) is 5.69 Å². The molecule has 0 aliphatic rings. The largest absolute Gasteiger partial charge is 0.378 e. The molecular weight excluding hydrogens is 246 g/mol. The van der Waals surface area contributed by atoms with E-state index in [1.807, 2.05) is 12.3 Å². The lowest BCUT2D eigenvalue weighted by molar-refractivity contribution is 0.494. The third-order valence-electron chi connectivity index (χ3n) is 3.59. The zero-order valence-electron chi connectivity index (χ0n) is 12.7. The average molecular weight is 269 g/mol. The van der Waals surface area contributed by atoms with Crippen molar-refractivity contribution < 1.29 is 0 Å². The molecule has 0 radical (unpaired) electrons. The van der Waals surface area contributed by atoms with E-state index in [0.717, 1.165) is 0 Å². The highest BCUT2D eigenvalue weighted by atomic mass is 15.1. The van der Waals surface area contributed by atoms with Crippen molar-refractivity contribution in [2.75, 3.05) is 19.0 Å². The summed E-state index contributed by atoms with van der Waals surface area (Å²) in [6.07, 6.45) is 3.72. The molecule has 0 bridgehead atoms. The van der Waals surface area contributed by atoms with Gasteiger partial charge >= 0.3 is 0 Å². The first kappa shape index (κ1) is 14.5. The Bertz CT molecular complexity index is 520. The quantitative estimate of drug-likeness (QED) is 0.899. The number of hydrogen-bond donors (Lipinski definition) is 1. The molecular formula is C17H23N3. The second kappa shape index (κ2) is 6.53. The van der Waals surface area contributed by atoms with E-state index < -0.39 is 0 Å².